The van der Waals surface area contributed by atoms with Crippen LogP contribution in [0.4, 0.5) is 0 Å². The summed E-state index contributed by atoms with van der Waals surface area (Å²) in [6.45, 7) is 3.29. The molecule has 0 fully saturated rings. The molecule has 0 saturated heterocycles. The highest BCUT2D eigenvalue weighted by atomic mass is 16.5. The second-order valence-corrected chi connectivity index (χ2v) is 5.11. The molecule has 2 heterocycles. The summed E-state index contributed by atoms with van der Waals surface area (Å²) in [5, 5.41) is 9.43. The first-order chi connectivity index (χ1) is 9.61. The molecule has 1 aliphatic carbocycles. The van der Waals surface area contributed by atoms with Gasteiger partial charge < -0.3 is 9.14 Å². The Labute approximate surface area is 116 Å². The van der Waals surface area contributed by atoms with Gasteiger partial charge in [-0.2, -0.15) is 10.2 Å². The Hall–Kier alpha value is -2.35. The molecule has 0 atom stereocenters. The number of nitriles is 1. The predicted octanol–water partition coefficient (Wildman–Crippen LogP) is 2.32. The third kappa shape index (κ3) is 1.85. The standard InChI is InChI=1S/C15H15N3O2/c1-9-7-14(20-10(2)19)17-15-12(8-16)11-5-3-4-6-13(11)18(9)15/h7H,3-6H2,1-2H3. The lowest BCUT2D eigenvalue weighted by molar-refractivity contribution is -0.132. The zero-order valence-electron chi connectivity index (χ0n) is 11.6. The summed E-state index contributed by atoms with van der Waals surface area (Å²) < 4.78 is 7.09. The topological polar surface area (TPSA) is 67.4 Å². The van der Waals surface area contributed by atoms with Crippen molar-refractivity contribution in [1.82, 2.24) is 9.38 Å². The summed E-state index contributed by atoms with van der Waals surface area (Å²) in [6.07, 6.45) is 4.13. The fourth-order valence-electron chi connectivity index (χ4n) is 2.96. The van der Waals surface area contributed by atoms with Gasteiger partial charge in [-0.25, -0.2) is 0 Å². The van der Waals surface area contributed by atoms with Crippen LogP contribution in [-0.4, -0.2) is 15.4 Å². The summed E-state index contributed by atoms with van der Waals surface area (Å²) >= 11 is 0. The average molecular weight is 269 g/mol. The molecule has 0 aliphatic heterocycles. The minimum Gasteiger partial charge on any atom is -0.408 e. The van der Waals surface area contributed by atoms with Crippen LogP contribution >= 0.6 is 0 Å². The van der Waals surface area contributed by atoms with Crippen LogP contribution in [0.25, 0.3) is 5.65 Å². The number of aromatic nitrogens is 2. The van der Waals surface area contributed by atoms with Gasteiger partial charge in [0.25, 0.3) is 0 Å². The van der Waals surface area contributed by atoms with E-state index in [2.05, 4.69) is 11.1 Å². The van der Waals surface area contributed by atoms with E-state index in [1.54, 1.807) is 6.07 Å². The summed E-state index contributed by atoms with van der Waals surface area (Å²) in [7, 11) is 0. The second-order valence-electron chi connectivity index (χ2n) is 5.11. The van der Waals surface area contributed by atoms with Gasteiger partial charge in [0.15, 0.2) is 5.65 Å². The lowest BCUT2D eigenvalue weighted by Crippen LogP contribution is -2.07. The van der Waals surface area contributed by atoms with E-state index in [1.165, 1.54) is 12.6 Å². The summed E-state index contributed by atoms with van der Waals surface area (Å²) in [4.78, 5) is 15.4. The molecule has 2 aromatic rings. The first-order valence-corrected chi connectivity index (χ1v) is 6.74. The molecule has 0 spiro atoms. The normalized spacial score (nSPS) is 13.8. The summed E-state index contributed by atoms with van der Waals surface area (Å²) in [5.41, 5.74) is 4.45. The first-order valence-electron chi connectivity index (χ1n) is 6.74. The second kappa shape index (κ2) is 4.64. The van der Waals surface area contributed by atoms with E-state index in [1.807, 2.05) is 11.3 Å². The van der Waals surface area contributed by atoms with Crippen molar-refractivity contribution in [2.45, 2.75) is 39.5 Å². The molecular weight excluding hydrogens is 254 g/mol. The molecule has 5 nitrogen and oxygen atoms in total. The maximum Gasteiger partial charge on any atom is 0.309 e. The number of aryl methyl sites for hydroxylation is 2. The van der Waals surface area contributed by atoms with E-state index in [9.17, 15) is 10.1 Å². The van der Waals surface area contributed by atoms with Gasteiger partial charge in [0.05, 0.1) is 0 Å². The Morgan fingerprint density at radius 2 is 2.20 bits per heavy atom. The van der Waals surface area contributed by atoms with Crippen molar-refractivity contribution in [2.24, 2.45) is 0 Å². The Kier molecular flexibility index (Phi) is 2.94. The summed E-state index contributed by atoms with van der Waals surface area (Å²) in [5.74, 6) is -0.148. The van der Waals surface area contributed by atoms with Crippen molar-refractivity contribution in [1.29, 1.82) is 5.26 Å². The van der Waals surface area contributed by atoms with E-state index in [0.717, 1.165) is 36.9 Å². The predicted molar refractivity (Wildman–Crippen MR) is 72.6 cm³/mol. The molecule has 3 rings (SSSR count). The SMILES string of the molecule is CC(=O)Oc1cc(C)n2c3c(c(C#N)c2n1)CCCC3. The zero-order valence-corrected chi connectivity index (χ0v) is 11.6. The molecule has 2 aromatic heterocycles. The van der Waals surface area contributed by atoms with Crippen molar-refractivity contribution in [3.63, 3.8) is 0 Å². The van der Waals surface area contributed by atoms with Crippen LogP contribution in [-0.2, 0) is 17.6 Å². The molecule has 0 amide bonds. The Bertz CT molecular complexity index is 753. The smallest absolute Gasteiger partial charge is 0.309 e. The van der Waals surface area contributed by atoms with E-state index < -0.39 is 5.97 Å². The maximum atomic E-state index is 11.1. The molecule has 0 bridgehead atoms. The van der Waals surface area contributed by atoms with Gasteiger partial charge in [-0.1, -0.05) is 0 Å². The fraction of sp³-hybridized carbons (Fsp3) is 0.400. The van der Waals surface area contributed by atoms with E-state index in [4.69, 9.17) is 4.74 Å². The molecule has 0 N–H and O–H groups in total. The van der Waals surface area contributed by atoms with Crippen molar-refractivity contribution < 1.29 is 9.53 Å². The largest absolute Gasteiger partial charge is 0.408 e. The van der Waals surface area contributed by atoms with Crippen LogP contribution in [0.2, 0.25) is 0 Å². The first kappa shape index (κ1) is 12.7. The molecule has 0 aromatic carbocycles. The van der Waals surface area contributed by atoms with Crippen LogP contribution < -0.4 is 4.74 Å². The number of esters is 1. The lowest BCUT2D eigenvalue weighted by Gasteiger charge is -2.13. The highest BCUT2D eigenvalue weighted by Gasteiger charge is 2.23. The van der Waals surface area contributed by atoms with Gasteiger partial charge in [0.2, 0.25) is 5.88 Å². The van der Waals surface area contributed by atoms with Crippen molar-refractivity contribution in [3.05, 3.63) is 28.6 Å². The molecular formula is C15H15N3O2. The quantitative estimate of drug-likeness (QED) is 0.745. The average Bonchev–Trinajstić information content (AvgIpc) is 2.71. The van der Waals surface area contributed by atoms with Gasteiger partial charge in [0.1, 0.15) is 11.6 Å². The minimum atomic E-state index is -0.406. The third-order valence-corrected chi connectivity index (χ3v) is 3.71. The van der Waals surface area contributed by atoms with Crippen molar-refractivity contribution >= 4 is 11.6 Å². The number of carbonyl (C=O) groups excluding carboxylic acids is 1. The van der Waals surface area contributed by atoms with E-state index >= 15 is 0 Å². The number of rotatable bonds is 1. The Morgan fingerprint density at radius 3 is 2.90 bits per heavy atom. The molecule has 1 aliphatic rings. The van der Waals surface area contributed by atoms with Gasteiger partial charge in [-0.3, -0.25) is 4.79 Å². The lowest BCUT2D eigenvalue weighted by atomic mass is 9.95. The zero-order chi connectivity index (χ0) is 14.3. The van der Waals surface area contributed by atoms with E-state index in [0.29, 0.717) is 11.2 Å². The summed E-state index contributed by atoms with van der Waals surface area (Å²) in [6, 6.07) is 4.00. The molecule has 20 heavy (non-hydrogen) atoms. The number of hydrogen-bond donors (Lipinski definition) is 0. The van der Waals surface area contributed by atoms with Crippen molar-refractivity contribution in [2.75, 3.05) is 0 Å². The molecule has 102 valence electrons. The van der Waals surface area contributed by atoms with Gasteiger partial charge in [-0.15, -0.1) is 0 Å². The van der Waals surface area contributed by atoms with Crippen LogP contribution in [0.1, 0.15) is 42.3 Å². The highest BCUT2D eigenvalue weighted by Crippen LogP contribution is 2.31. The van der Waals surface area contributed by atoms with E-state index in [-0.39, 0.29) is 5.88 Å². The number of ether oxygens (including phenoxy) is 1. The third-order valence-electron chi connectivity index (χ3n) is 3.71. The van der Waals surface area contributed by atoms with Gasteiger partial charge >= 0.3 is 5.97 Å². The number of nitrogens with zero attached hydrogens (tertiary/aromatic N) is 3. The van der Waals surface area contributed by atoms with Crippen LogP contribution in [0, 0.1) is 18.3 Å². The highest BCUT2D eigenvalue weighted by molar-refractivity contribution is 5.70. The Balaban J connectivity index is 2.30. The fourth-order valence-corrected chi connectivity index (χ4v) is 2.96. The minimum absolute atomic E-state index is 0.258. The van der Waals surface area contributed by atoms with Gasteiger partial charge in [-0.05, 0) is 38.2 Å². The van der Waals surface area contributed by atoms with Crippen LogP contribution in [0.3, 0.4) is 0 Å². The van der Waals surface area contributed by atoms with Crippen LogP contribution in [0.5, 0.6) is 5.88 Å². The molecule has 0 unspecified atom stereocenters. The molecule has 0 radical (unpaired) electrons. The molecule has 5 heteroatoms. The molecule has 0 saturated carbocycles. The monoisotopic (exact) mass is 269 g/mol. The van der Waals surface area contributed by atoms with Gasteiger partial charge in [0, 0.05) is 24.4 Å². The number of carbonyl (C=O) groups is 1. The van der Waals surface area contributed by atoms with Crippen molar-refractivity contribution in [3.8, 4) is 11.9 Å². The van der Waals surface area contributed by atoms with Crippen LogP contribution in [0.15, 0.2) is 6.07 Å². The maximum absolute atomic E-state index is 11.1. The number of hydrogen-bond acceptors (Lipinski definition) is 4. The Morgan fingerprint density at radius 1 is 1.45 bits per heavy atom. The number of fused-ring (bicyclic) bond motifs is 3.